The van der Waals surface area contributed by atoms with Crippen LogP contribution in [0.5, 0.6) is 0 Å². The van der Waals surface area contributed by atoms with Crippen LogP contribution in [-0.4, -0.2) is 33.1 Å². The largest absolute Gasteiger partial charge is 0.282 e. The van der Waals surface area contributed by atoms with E-state index < -0.39 is 36.3 Å². The van der Waals surface area contributed by atoms with Gasteiger partial charge in [0.1, 0.15) is 0 Å². The topological polar surface area (TPSA) is 98.2 Å². The Hall–Kier alpha value is -12.4. The van der Waals surface area contributed by atoms with Crippen molar-refractivity contribution in [3.05, 3.63) is 423 Å². The molecule has 0 radical (unpaired) electrons. The van der Waals surface area contributed by atoms with Gasteiger partial charge in [0.2, 0.25) is 0 Å². The fourth-order valence-electron chi connectivity index (χ4n) is 8.72. The fourth-order valence-corrected chi connectivity index (χ4v) is 8.72. The number of allylic oxidation sites excluding steroid dienone is 8. The molecule has 0 saturated carbocycles. The monoisotopic (exact) mass is 1200 g/mol. The summed E-state index contributed by atoms with van der Waals surface area (Å²) >= 11 is 0. The molecule has 2 aromatic heterocycles. The first-order valence-corrected chi connectivity index (χ1v) is 29.2. The number of aromatic nitrogens is 2. The normalized spacial score (nSPS) is 13.0. The zero-order valence-corrected chi connectivity index (χ0v) is 50.5. The predicted octanol–water partition coefficient (Wildman–Crippen LogP) is 21.7. The highest BCUT2D eigenvalue weighted by molar-refractivity contribution is 6.19. The number of hydrogen-bond acceptors (Lipinski definition) is 4. The molecule has 0 saturated heterocycles. The van der Waals surface area contributed by atoms with Crippen molar-refractivity contribution < 1.29 is 13.7 Å². The maximum Gasteiger partial charge on any atom is 0.151 e. The van der Waals surface area contributed by atoms with Crippen LogP contribution in [0.1, 0.15) is 47.1 Å². The molecular formula is C86H70N6. The number of benzene rings is 7. The molecule has 8 aromatic carbocycles. The lowest BCUT2D eigenvalue weighted by Crippen LogP contribution is -2.03. The van der Waals surface area contributed by atoms with Crippen molar-refractivity contribution >= 4 is 46.9 Å². The third kappa shape index (κ3) is 19.6. The zero-order valence-electron chi connectivity index (χ0n) is 60.5. The Bertz CT molecular complexity index is 5030. The Morgan fingerprint density at radius 3 is 1.10 bits per heavy atom. The number of aliphatic imine (C=N–C) groups is 2. The number of hydrogen-bond donors (Lipinski definition) is 2. The summed E-state index contributed by atoms with van der Waals surface area (Å²) in [6.45, 7) is 20.5. The van der Waals surface area contributed by atoms with Gasteiger partial charge in [-0.05, 0) is 108 Å². The van der Waals surface area contributed by atoms with Gasteiger partial charge >= 0.3 is 0 Å². The number of nitrogens with one attached hydrogen (secondary N) is 2. The second-order valence-corrected chi connectivity index (χ2v) is 20.4. The molecule has 10 aromatic rings. The van der Waals surface area contributed by atoms with Crippen molar-refractivity contribution in [3.8, 4) is 44.5 Å². The first kappa shape index (κ1) is 51.6. The molecule has 0 atom stereocenters. The summed E-state index contributed by atoms with van der Waals surface area (Å²) in [4.78, 5) is 17.7. The zero-order chi connectivity index (χ0) is 72.8. The van der Waals surface area contributed by atoms with Crippen molar-refractivity contribution in [1.29, 1.82) is 10.8 Å². The van der Waals surface area contributed by atoms with E-state index in [9.17, 15) is 0 Å². The third-order valence-corrected chi connectivity index (χ3v) is 13.9. The van der Waals surface area contributed by atoms with Crippen LogP contribution in [-0.2, 0) is 0 Å². The van der Waals surface area contributed by atoms with Crippen molar-refractivity contribution in [2.45, 2.75) is 0 Å². The first-order valence-electron chi connectivity index (χ1n) is 34.2. The molecule has 10 rings (SSSR count). The Morgan fingerprint density at radius 1 is 0.315 bits per heavy atom. The smallest absolute Gasteiger partial charge is 0.151 e. The van der Waals surface area contributed by atoms with Crippen LogP contribution in [0.15, 0.2) is 399 Å². The van der Waals surface area contributed by atoms with E-state index in [0.717, 1.165) is 55.7 Å². The third-order valence-electron chi connectivity index (χ3n) is 13.9. The summed E-state index contributed by atoms with van der Waals surface area (Å²) in [6, 6.07) is 61.3. The maximum atomic E-state index is 8.81. The molecule has 6 nitrogen and oxygen atoms in total. The van der Waals surface area contributed by atoms with Crippen LogP contribution in [0.25, 0.3) is 68.3 Å². The van der Waals surface area contributed by atoms with Gasteiger partial charge in [0, 0.05) is 47.1 Å². The number of pyridine rings is 2. The molecule has 0 amide bonds. The van der Waals surface area contributed by atoms with Crippen molar-refractivity contribution in [2.75, 3.05) is 0 Å². The fraction of sp³-hybridized carbons (Fsp3) is 0. The molecular weight excluding hydrogens is 1120 g/mol. The van der Waals surface area contributed by atoms with E-state index in [1.165, 1.54) is 0 Å². The Balaban J connectivity index is 0.000000237. The average Bonchev–Trinajstić information content (AvgIpc) is 0.784. The number of amidine groups is 2. The maximum absolute atomic E-state index is 8.81. The molecule has 6 heteroatoms. The minimum Gasteiger partial charge on any atom is -0.282 e. The number of rotatable bonds is 20. The summed E-state index contributed by atoms with van der Waals surface area (Å²) in [5, 5.41) is 17.6. The lowest BCUT2D eigenvalue weighted by atomic mass is 10.0. The van der Waals surface area contributed by atoms with Gasteiger partial charge in [-0.15, -0.1) is 0 Å². The lowest BCUT2D eigenvalue weighted by Gasteiger charge is -2.07. The molecule has 0 spiro atoms. The van der Waals surface area contributed by atoms with Crippen LogP contribution < -0.4 is 0 Å². The quantitative estimate of drug-likeness (QED) is 0.0451. The van der Waals surface area contributed by atoms with Crippen molar-refractivity contribution in [3.63, 3.8) is 0 Å². The molecule has 2 N–H and O–H groups in total. The molecule has 444 valence electrons. The van der Waals surface area contributed by atoms with E-state index in [1.54, 1.807) is 91.3 Å². The van der Waals surface area contributed by atoms with Crippen LogP contribution in [0, 0.1) is 10.8 Å². The summed E-state index contributed by atoms with van der Waals surface area (Å²) in [7, 11) is 0. The van der Waals surface area contributed by atoms with Gasteiger partial charge in [0.25, 0.3) is 0 Å². The van der Waals surface area contributed by atoms with Crippen molar-refractivity contribution in [1.82, 2.24) is 9.97 Å². The molecule has 0 unspecified atom stereocenters. The van der Waals surface area contributed by atoms with E-state index >= 15 is 0 Å². The molecule has 0 bridgehead atoms. The lowest BCUT2D eigenvalue weighted by molar-refractivity contribution is 1.33. The average molecular weight is 1200 g/mol. The van der Waals surface area contributed by atoms with E-state index in [2.05, 4.69) is 52.8 Å². The summed E-state index contributed by atoms with van der Waals surface area (Å²) in [5.74, 6) is -0.116. The summed E-state index contributed by atoms with van der Waals surface area (Å²) in [6.07, 6.45) is 25.3. The Labute approximate surface area is 556 Å². The highest BCUT2D eigenvalue weighted by Crippen LogP contribution is 2.25. The van der Waals surface area contributed by atoms with E-state index in [4.69, 9.17) is 24.5 Å². The molecule has 2 heterocycles. The van der Waals surface area contributed by atoms with Gasteiger partial charge in [0.15, 0.2) is 11.7 Å². The molecule has 0 aliphatic carbocycles. The Kier molecular flexibility index (Phi) is 18.9. The van der Waals surface area contributed by atoms with E-state index in [-0.39, 0.29) is 47.0 Å². The van der Waals surface area contributed by atoms with Crippen LogP contribution in [0.4, 0.5) is 0 Å². The van der Waals surface area contributed by atoms with Crippen LogP contribution in [0.3, 0.4) is 0 Å². The van der Waals surface area contributed by atoms with Gasteiger partial charge in [0.05, 0.1) is 25.1 Å². The van der Waals surface area contributed by atoms with Crippen molar-refractivity contribution in [2.24, 2.45) is 9.98 Å². The Morgan fingerprint density at radius 2 is 0.663 bits per heavy atom. The molecule has 92 heavy (non-hydrogen) atoms. The second-order valence-electron chi connectivity index (χ2n) is 20.4. The summed E-state index contributed by atoms with van der Waals surface area (Å²) in [5.41, 5.74) is 14.1. The number of nitrogens with zero attached hydrogens (tertiary/aromatic N) is 4. The van der Waals surface area contributed by atoms with Crippen LogP contribution in [0.2, 0.25) is 0 Å². The predicted molar refractivity (Wildman–Crippen MR) is 393 cm³/mol. The molecule has 0 aliphatic rings. The SMILES string of the molecule is [2H]c1c([2H])c([2H])c(-c2ccc(C(/C=C/c3ccc(-c4cccnc4)cc3)=NC(=N)C(=C)/C=C\C(=C)C(=C)/C=C\c3ccccc3)cc2)c([2H])c1[2H].[2H]c1c([2H])c([2H])c(-c2ccc(C(/C=C/c3ccc(-c4cccnc4)cc3)=NC(=N)C(=C)/C=C\C(=C)c3ccccccccc3)cc2)c([2H])c1[2H]. The van der Waals surface area contributed by atoms with Gasteiger partial charge in [-0.3, -0.25) is 20.8 Å². The minimum absolute atomic E-state index is 0.0521. The first-order chi connectivity index (χ1) is 49.2. The van der Waals surface area contributed by atoms with Gasteiger partial charge < -0.3 is 0 Å². The van der Waals surface area contributed by atoms with Gasteiger partial charge in [-0.25, -0.2) is 9.98 Å². The standard InChI is InChI=1S/2C43H35N3/c1-32(33(2)18-19-35-11-6-4-7-12-35)16-17-34(3)43(44)46-42(40-27-25-38(26-28-40)37-13-8-5-9-14-37)29-22-36-20-23-39(24-21-36)41-15-10-30-45-31-41;1-33(36-14-9-6-4-3-5-7-10-15-36)19-20-34(2)43(44)46-42(40-28-26-38(27-29-40)37-16-11-8-12-17-37)30-23-35-21-24-39(25-22-35)41-18-13-31-45-32-41/h4-31,44H,1-3H2;3-32,44H,1-2H2/b17-16-,19-18-,29-22+,44-43?,46-42?;4-3?,5-3?,6-4?,7-5?,9-6?,10-7?,14-9?,15-10?,20-19-,30-23+,36-14?,36-15?,44-43?,46-42?/i5D,8D,9D,13D,14D;8D,11D,12D,16D,17D. The minimum atomic E-state index is -0.442. The molecule has 0 aliphatic heterocycles. The van der Waals surface area contributed by atoms with E-state index in [0.29, 0.717) is 50.4 Å². The van der Waals surface area contributed by atoms with Crippen LogP contribution >= 0.6 is 0 Å². The van der Waals surface area contributed by atoms with Gasteiger partial charge in [-0.1, -0.05) is 336 Å². The summed E-state index contributed by atoms with van der Waals surface area (Å²) < 4.78 is 81.6. The highest BCUT2D eigenvalue weighted by Gasteiger charge is 2.09. The van der Waals surface area contributed by atoms with E-state index in [1.807, 2.05) is 200 Å². The highest BCUT2D eigenvalue weighted by atomic mass is 14.8. The molecule has 0 fully saturated rings. The van der Waals surface area contributed by atoms with Gasteiger partial charge in [-0.2, -0.15) is 0 Å². The second kappa shape index (κ2) is 33.7.